The summed E-state index contributed by atoms with van der Waals surface area (Å²) in [6.45, 7) is 0.563. The third-order valence-electron chi connectivity index (χ3n) is 6.04. The lowest BCUT2D eigenvalue weighted by molar-refractivity contribution is 0.397. The van der Waals surface area contributed by atoms with Gasteiger partial charge in [0.15, 0.2) is 5.82 Å². The number of nitrogens with one attached hydrogen (secondary N) is 1. The predicted molar refractivity (Wildman–Crippen MR) is 134 cm³/mol. The number of rotatable bonds is 7. The number of hydrogen-bond acceptors (Lipinski definition) is 8. The fourth-order valence-corrected chi connectivity index (χ4v) is 4.12. The molecule has 1 aromatic carbocycles. The van der Waals surface area contributed by atoms with Crippen molar-refractivity contribution in [1.82, 2.24) is 29.9 Å². The molecule has 1 aliphatic carbocycles. The van der Waals surface area contributed by atoms with Crippen molar-refractivity contribution in [3.63, 3.8) is 0 Å². The summed E-state index contributed by atoms with van der Waals surface area (Å²) >= 11 is 0. The Morgan fingerprint density at radius 3 is 2.51 bits per heavy atom. The maximum atomic E-state index is 5.58. The third-order valence-corrected chi connectivity index (χ3v) is 6.04. The number of nitrogens with zero attached hydrogens (tertiary/aromatic N) is 6. The summed E-state index contributed by atoms with van der Waals surface area (Å²) in [5.41, 5.74) is 5.29. The largest absolute Gasteiger partial charge is 0.480 e. The van der Waals surface area contributed by atoms with Gasteiger partial charge in [0.25, 0.3) is 0 Å². The Labute approximate surface area is 202 Å². The fourth-order valence-electron chi connectivity index (χ4n) is 4.12. The second-order valence-electron chi connectivity index (χ2n) is 8.45. The Bertz CT molecular complexity index is 1490. The van der Waals surface area contributed by atoms with Crippen molar-refractivity contribution in [1.29, 1.82) is 0 Å². The molecule has 0 amide bonds. The van der Waals surface area contributed by atoms with Crippen LogP contribution in [0.15, 0.2) is 73.3 Å². The second-order valence-corrected chi connectivity index (χ2v) is 8.45. The van der Waals surface area contributed by atoms with Gasteiger partial charge in [-0.2, -0.15) is 0 Å². The molecule has 1 fully saturated rings. The van der Waals surface area contributed by atoms with E-state index in [-0.39, 0.29) is 0 Å². The van der Waals surface area contributed by atoms with Crippen molar-refractivity contribution in [3.8, 4) is 28.7 Å². The molecule has 0 atom stereocenters. The summed E-state index contributed by atoms with van der Waals surface area (Å²) in [4.78, 5) is 27.6. The normalized spacial score (nSPS) is 13.1. The minimum atomic E-state index is 0.400. The summed E-state index contributed by atoms with van der Waals surface area (Å²) in [7, 11) is 1.62. The van der Waals surface area contributed by atoms with E-state index in [2.05, 4.69) is 25.3 Å². The maximum Gasteiger partial charge on any atom is 0.227 e. The number of anilines is 1. The molecule has 8 heteroatoms. The summed E-state index contributed by atoms with van der Waals surface area (Å²) in [6.07, 6.45) is 7.39. The molecule has 35 heavy (non-hydrogen) atoms. The van der Waals surface area contributed by atoms with Gasteiger partial charge < -0.3 is 10.1 Å². The van der Waals surface area contributed by atoms with Crippen LogP contribution in [0.5, 0.6) is 5.88 Å². The highest BCUT2D eigenvalue weighted by atomic mass is 16.5. The van der Waals surface area contributed by atoms with Crippen LogP contribution < -0.4 is 10.1 Å². The number of fused-ring (bicyclic) bond motifs is 1. The lowest BCUT2D eigenvalue weighted by atomic mass is 10.1. The van der Waals surface area contributed by atoms with Crippen molar-refractivity contribution >= 4 is 16.7 Å². The van der Waals surface area contributed by atoms with E-state index in [1.165, 1.54) is 0 Å². The molecule has 0 bridgehead atoms. The van der Waals surface area contributed by atoms with Crippen LogP contribution in [0.2, 0.25) is 0 Å². The molecule has 5 aromatic rings. The first kappa shape index (κ1) is 21.1. The van der Waals surface area contributed by atoms with Crippen LogP contribution in [0.1, 0.15) is 30.0 Å². The number of para-hydroxylation sites is 1. The number of aromatic nitrogens is 6. The molecule has 0 unspecified atom stereocenters. The van der Waals surface area contributed by atoms with Gasteiger partial charge in [0.05, 0.1) is 29.7 Å². The minimum absolute atomic E-state index is 0.400. The van der Waals surface area contributed by atoms with Gasteiger partial charge in [0.1, 0.15) is 17.7 Å². The number of ether oxygens (including phenoxy) is 1. The lowest BCUT2D eigenvalue weighted by Gasteiger charge is -2.14. The SMILES string of the molecule is COc1ncnc(C2CC2)c1-c1nc(NCc2ccc(-c3ccccn3)nc2)c2ccccc2n1. The number of benzene rings is 1. The fraction of sp³-hybridized carbons (Fsp3) is 0.185. The van der Waals surface area contributed by atoms with Gasteiger partial charge in [-0.15, -0.1) is 0 Å². The molecule has 4 heterocycles. The van der Waals surface area contributed by atoms with Crippen LogP contribution in [0.4, 0.5) is 5.82 Å². The van der Waals surface area contributed by atoms with E-state index >= 15 is 0 Å². The zero-order valence-corrected chi connectivity index (χ0v) is 19.2. The van der Waals surface area contributed by atoms with Crippen molar-refractivity contribution in [2.75, 3.05) is 12.4 Å². The monoisotopic (exact) mass is 461 g/mol. The van der Waals surface area contributed by atoms with E-state index in [9.17, 15) is 0 Å². The Kier molecular flexibility index (Phi) is 5.46. The van der Waals surface area contributed by atoms with E-state index in [0.717, 1.165) is 57.8 Å². The first-order valence-electron chi connectivity index (χ1n) is 11.6. The summed E-state index contributed by atoms with van der Waals surface area (Å²) in [5.74, 6) is 2.20. The molecule has 172 valence electrons. The van der Waals surface area contributed by atoms with Gasteiger partial charge in [0, 0.05) is 30.2 Å². The van der Waals surface area contributed by atoms with E-state index in [4.69, 9.17) is 14.7 Å². The smallest absolute Gasteiger partial charge is 0.227 e. The molecule has 0 aliphatic heterocycles. The maximum absolute atomic E-state index is 5.58. The molecule has 0 saturated heterocycles. The van der Waals surface area contributed by atoms with Crippen molar-refractivity contribution < 1.29 is 4.74 Å². The van der Waals surface area contributed by atoms with Crippen LogP contribution >= 0.6 is 0 Å². The first-order valence-corrected chi connectivity index (χ1v) is 11.6. The quantitative estimate of drug-likeness (QED) is 0.360. The van der Waals surface area contributed by atoms with E-state index < -0.39 is 0 Å². The number of hydrogen-bond donors (Lipinski definition) is 1. The molecule has 6 rings (SSSR count). The van der Waals surface area contributed by atoms with Gasteiger partial charge in [-0.05, 0) is 48.7 Å². The van der Waals surface area contributed by atoms with Crippen LogP contribution in [0, 0.1) is 0 Å². The average molecular weight is 462 g/mol. The molecule has 1 aliphatic rings. The average Bonchev–Trinajstić information content (AvgIpc) is 3.77. The Balaban J connectivity index is 1.34. The van der Waals surface area contributed by atoms with Crippen LogP contribution in [0.25, 0.3) is 33.7 Å². The Morgan fingerprint density at radius 1 is 0.886 bits per heavy atom. The van der Waals surface area contributed by atoms with Crippen molar-refractivity contribution in [2.24, 2.45) is 0 Å². The molecule has 0 radical (unpaired) electrons. The molecular weight excluding hydrogens is 438 g/mol. The third kappa shape index (κ3) is 4.26. The highest BCUT2D eigenvalue weighted by Crippen LogP contribution is 2.45. The summed E-state index contributed by atoms with van der Waals surface area (Å²) in [5, 5.41) is 4.43. The van der Waals surface area contributed by atoms with Crippen LogP contribution in [0.3, 0.4) is 0 Å². The standard InChI is InChI=1S/C27H23N7O/c1-35-27-23(24(18-10-11-18)31-16-32-27)26-33-20-7-3-2-6-19(20)25(34-26)30-15-17-9-12-22(29-14-17)21-8-4-5-13-28-21/h2-9,12-14,16,18H,10-11,15H2,1H3,(H,30,33,34). The van der Waals surface area contributed by atoms with E-state index in [1.807, 2.05) is 60.8 Å². The molecular formula is C27H23N7O. The first-order chi connectivity index (χ1) is 17.3. The second kappa shape index (κ2) is 9.06. The van der Waals surface area contributed by atoms with Crippen LogP contribution in [-0.2, 0) is 6.54 Å². The van der Waals surface area contributed by atoms with Gasteiger partial charge >= 0.3 is 0 Å². The van der Waals surface area contributed by atoms with Crippen molar-refractivity contribution in [3.05, 3.63) is 84.6 Å². The Morgan fingerprint density at radius 2 is 1.74 bits per heavy atom. The zero-order valence-electron chi connectivity index (χ0n) is 19.2. The number of methoxy groups -OCH3 is 1. The highest BCUT2D eigenvalue weighted by molar-refractivity contribution is 5.91. The molecule has 4 aromatic heterocycles. The summed E-state index contributed by atoms with van der Waals surface area (Å²) in [6, 6.07) is 17.8. The molecule has 8 nitrogen and oxygen atoms in total. The van der Waals surface area contributed by atoms with Crippen LogP contribution in [-0.4, -0.2) is 37.0 Å². The Hall–Kier alpha value is -4.46. The molecule has 1 N–H and O–H groups in total. The zero-order chi connectivity index (χ0) is 23.6. The van der Waals surface area contributed by atoms with E-state index in [1.54, 1.807) is 19.6 Å². The van der Waals surface area contributed by atoms with Gasteiger partial charge in [-0.25, -0.2) is 19.9 Å². The minimum Gasteiger partial charge on any atom is -0.480 e. The van der Waals surface area contributed by atoms with Gasteiger partial charge in [0.2, 0.25) is 5.88 Å². The van der Waals surface area contributed by atoms with Gasteiger partial charge in [-0.3, -0.25) is 9.97 Å². The highest BCUT2D eigenvalue weighted by Gasteiger charge is 2.31. The van der Waals surface area contributed by atoms with Crippen molar-refractivity contribution in [2.45, 2.75) is 25.3 Å². The van der Waals surface area contributed by atoms with E-state index in [0.29, 0.717) is 24.2 Å². The topological polar surface area (TPSA) is 98.6 Å². The van der Waals surface area contributed by atoms with Gasteiger partial charge in [-0.1, -0.05) is 24.3 Å². The molecule has 1 saturated carbocycles. The number of pyridine rings is 2. The summed E-state index contributed by atoms with van der Waals surface area (Å²) < 4.78 is 5.58. The predicted octanol–water partition coefficient (Wildman–Crippen LogP) is 5.04. The molecule has 0 spiro atoms. The lowest BCUT2D eigenvalue weighted by Crippen LogP contribution is -2.07.